The lowest BCUT2D eigenvalue weighted by Crippen LogP contribution is -2.54. The normalized spacial score (nSPS) is 18.6. The quantitative estimate of drug-likeness (QED) is 0.860. The highest BCUT2D eigenvalue weighted by molar-refractivity contribution is 7.99. The molecular weight excluding hydrogens is 278 g/mol. The van der Waals surface area contributed by atoms with Gasteiger partial charge < -0.3 is 15.3 Å². The maximum absolute atomic E-state index is 12.0. The van der Waals surface area contributed by atoms with Crippen LogP contribution in [0.15, 0.2) is 24.5 Å². The lowest BCUT2D eigenvalue weighted by molar-refractivity contribution is -0.141. The number of carbonyl (C=O) groups is 2. The lowest BCUT2D eigenvalue weighted by atomic mass is 10.2. The Morgan fingerprint density at radius 1 is 1.55 bits per heavy atom. The number of aromatic nitrogens is 1. The molecule has 7 heteroatoms. The van der Waals surface area contributed by atoms with Gasteiger partial charge in [-0.3, -0.25) is 4.98 Å². The Bertz CT molecular complexity index is 469. The molecule has 1 aromatic rings. The van der Waals surface area contributed by atoms with Crippen LogP contribution < -0.4 is 5.32 Å². The minimum Gasteiger partial charge on any atom is -0.480 e. The van der Waals surface area contributed by atoms with Gasteiger partial charge in [0, 0.05) is 37.0 Å². The Labute approximate surface area is 121 Å². The van der Waals surface area contributed by atoms with Crippen molar-refractivity contribution in [1.82, 2.24) is 15.2 Å². The molecule has 0 aliphatic carbocycles. The van der Waals surface area contributed by atoms with Crippen LogP contribution in [0.25, 0.3) is 0 Å². The van der Waals surface area contributed by atoms with Crippen molar-refractivity contribution >= 4 is 23.8 Å². The van der Waals surface area contributed by atoms with Gasteiger partial charge in [0.2, 0.25) is 0 Å². The number of hydrogen-bond donors (Lipinski definition) is 2. The highest BCUT2D eigenvalue weighted by Crippen LogP contribution is 2.16. The summed E-state index contributed by atoms with van der Waals surface area (Å²) in [4.78, 5) is 28.6. The summed E-state index contributed by atoms with van der Waals surface area (Å²) in [7, 11) is 0. The van der Waals surface area contributed by atoms with E-state index in [1.54, 1.807) is 24.2 Å². The molecule has 2 amide bonds. The van der Waals surface area contributed by atoms with Gasteiger partial charge >= 0.3 is 12.0 Å². The first-order valence-electron chi connectivity index (χ1n) is 6.42. The molecular formula is C13H17N3O3S. The van der Waals surface area contributed by atoms with Crippen molar-refractivity contribution in [2.24, 2.45) is 0 Å². The Hall–Kier alpha value is -1.76. The van der Waals surface area contributed by atoms with Crippen molar-refractivity contribution in [2.75, 3.05) is 24.6 Å². The monoisotopic (exact) mass is 295 g/mol. The number of nitrogens with zero attached hydrogens (tertiary/aromatic N) is 2. The first kappa shape index (κ1) is 14.6. The number of carboxylic acid groups (broad SMARTS) is 1. The highest BCUT2D eigenvalue weighted by atomic mass is 32.2. The number of nitrogens with one attached hydrogen (secondary N) is 1. The molecule has 1 aliphatic heterocycles. The fourth-order valence-corrected chi connectivity index (χ4v) is 3.05. The number of carbonyl (C=O) groups excluding carboxylic acids is 1. The molecule has 2 N–H and O–H groups in total. The van der Waals surface area contributed by atoms with Crippen molar-refractivity contribution in [1.29, 1.82) is 0 Å². The van der Waals surface area contributed by atoms with Crippen molar-refractivity contribution in [3.05, 3.63) is 30.1 Å². The Morgan fingerprint density at radius 2 is 2.40 bits per heavy atom. The van der Waals surface area contributed by atoms with Gasteiger partial charge in [-0.2, -0.15) is 11.8 Å². The van der Waals surface area contributed by atoms with Crippen molar-refractivity contribution < 1.29 is 14.7 Å². The third-order valence-electron chi connectivity index (χ3n) is 3.09. The van der Waals surface area contributed by atoms with Gasteiger partial charge in [-0.05, 0) is 18.1 Å². The van der Waals surface area contributed by atoms with E-state index in [4.69, 9.17) is 5.11 Å². The molecule has 1 saturated heterocycles. The molecule has 0 aromatic carbocycles. The molecule has 6 nitrogen and oxygen atoms in total. The molecule has 2 heterocycles. The van der Waals surface area contributed by atoms with Crippen LogP contribution in [0.2, 0.25) is 0 Å². The molecule has 1 aliphatic rings. The Balaban J connectivity index is 1.83. The molecule has 1 atom stereocenters. The number of thioether (sulfide) groups is 1. The van der Waals surface area contributed by atoms with E-state index in [1.807, 2.05) is 12.1 Å². The van der Waals surface area contributed by atoms with Crippen molar-refractivity contribution in [3.63, 3.8) is 0 Å². The molecule has 2 rings (SSSR count). The van der Waals surface area contributed by atoms with E-state index in [0.29, 0.717) is 25.3 Å². The zero-order valence-corrected chi connectivity index (χ0v) is 11.8. The second kappa shape index (κ2) is 7.14. The Morgan fingerprint density at radius 3 is 3.10 bits per heavy atom. The van der Waals surface area contributed by atoms with Crippen LogP contribution in [0.1, 0.15) is 5.56 Å². The summed E-state index contributed by atoms with van der Waals surface area (Å²) in [5, 5.41) is 11.9. The van der Waals surface area contributed by atoms with E-state index in [-0.39, 0.29) is 6.03 Å². The largest absolute Gasteiger partial charge is 0.480 e. The summed E-state index contributed by atoms with van der Waals surface area (Å²) in [6.07, 6.45) is 4.13. The smallest absolute Gasteiger partial charge is 0.327 e. The summed E-state index contributed by atoms with van der Waals surface area (Å²) >= 11 is 1.56. The van der Waals surface area contributed by atoms with E-state index in [1.165, 1.54) is 4.90 Å². The van der Waals surface area contributed by atoms with Crippen LogP contribution in [0.5, 0.6) is 0 Å². The summed E-state index contributed by atoms with van der Waals surface area (Å²) in [6, 6.07) is 2.75. The van der Waals surface area contributed by atoms with Gasteiger partial charge in [0.15, 0.2) is 0 Å². The zero-order chi connectivity index (χ0) is 14.4. The number of urea groups is 1. The van der Waals surface area contributed by atoms with Crippen LogP contribution in [-0.4, -0.2) is 57.6 Å². The second-order valence-electron chi connectivity index (χ2n) is 4.47. The molecule has 1 aromatic heterocycles. The standard InChI is InChI=1S/C13H17N3O3S/c17-12(18)11-9-20-7-6-16(11)13(19)15-5-3-10-2-1-4-14-8-10/h1-2,4,8,11H,3,5-7,9H2,(H,15,19)(H,17,18). The zero-order valence-electron chi connectivity index (χ0n) is 11.0. The van der Waals surface area contributed by atoms with Crippen molar-refractivity contribution in [3.8, 4) is 0 Å². The molecule has 1 fully saturated rings. The topological polar surface area (TPSA) is 82.5 Å². The molecule has 0 spiro atoms. The minimum absolute atomic E-state index is 0.304. The van der Waals surface area contributed by atoms with E-state index in [2.05, 4.69) is 10.3 Å². The van der Waals surface area contributed by atoms with E-state index < -0.39 is 12.0 Å². The van der Waals surface area contributed by atoms with Crippen molar-refractivity contribution in [2.45, 2.75) is 12.5 Å². The molecule has 20 heavy (non-hydrogen) atoms. The van der Waals surface area contributed by atoms with E-state index >= 15 is 0 Å². The third kappa shape index (κ3) is 3.86. The summed E-state index contributed by atoms with van der Waals surface area (Å²) in [5.74, 6) is 0.283. The number of rotatable bonds is 4. The molecule has 0 saturated carbocycles. The first-order chi connectivity index (χ1) is 9.68. The lowest BCUT2D eigenvalue weighted by Gasteiger charge is -2.32. The summed E-state index contributed by atoms with van der Waals surface area (Å²) in [6.45, 7) is 0.945. The Kier molecular flexibility index (Phi) is 5.23. The highest BCUT2D eigenvalue weighted by Gasteiger charge is 2.32. The van der Waals surface area contributed by atoms with Gasteiger partial charge in [0.25, 0.3) is 0 Å². The predicted molar refractivity (Wildman–Crippen MR) is 76.8 cm³/mol. The minimum atomic E-state index is -0.945. The number of pyridine rings is 1. The van der Waals surface area contributed by atoms with Gasteiger partial charge in [-0.25, -0.2) is 9.59 Å². The van der Waals surface area contributed by atoms with Crippen LogP contribution in [0, 0.1) is 0 Å². The molecule has 0 bridgehead atoms. The maximum atomic E-state index is 12.0. The van der Waals surface area contributed by atoms with Crippen LogP contribution in [-0.2, 0) is 11.2 Å². The summed E-state index contributed by atoms with van der Waals surface area (Å²) < 4.78 is 0. The number of carboxylic acids is 1. The van der Waals surface area contributed by atoms with Gasteiger partial charge in [-0.15, -0.1) is 0 Å². The second-order valence-corrected chi connectivity index (χ2v) is 5.62. The van der Waals surface area contributed by atoms with E-state index in [9.17, 15) is 9.59 Å². The number of hydrogen-bond acceptors (Lipinski definition) is 4. The fraction of sp³-hybridized carbons (Fsp3) is 0.462. The molecule has 108 valence electrons. The number of amides is 2. The van der Waals surface area contributed by atoms with E-state index in [0.717, 1.165) is 11.3 Å². The average Bonchev–Trinajstić information content (AvgIpc) is 2.48. The van der Waals surface area contributed by atoms with Gasteiger partial charge in [0.05, 0.1) is 0 Å². The first-order valence-corrected chi connectivity index (χ1v) is 7.58. The van der Waals surface area contributed by atoms with Crippen LogP contribution in [0.4, 0.5) is 4.79 Å². The van der Waals surface area contributed by atoms with Gasteiger partial charge in [-0.1, -0.05) is 6.07 Å². The number of aliphatic carboxylic acids is 1. The predicted octanol–water partition coefficient (Wildman–Crippen LogP) is 0.836. The third-order valence-corrected chi connectivity index (χ3v) is 4.11. The SMILES string of the molecule is O=C(O)C1CSCCN1C(=O)NCCc1cccnc1. The molecule has 0 radical (unpaired) electrons. The maximum Gasteiger partial charge on any atom is 0.327 e. The van der Waals surface area contributed by atoms with Crippen LogP contribution in [0.3, 0.4) is 0 Å². The van der Waals surface area contributed by atoms with Gasteiger partial charge in [0.1, 0.15) is 6.04 Å². The van der Waals surface area contributed by atoms with Crippen LogP contribution >= 0.6 is 11.8 Å². The fourth-order valence-electron chi connectivity index (χ4n) is 2.01. The molecule has 1 unspecified atom stereocenters. The average molecular weight is 295 g/mol. The summed E-state index contributed by atoms with van der Waals surface area (Å²) in [5.41, 5.74) is 1.04.